The Morgan fingerprint density at radius 1 is 1.53 bits per heavy atom. The van der Waals surface area contributed by atoms with Gasteiger partial charge in [0, 0.05) is 11.6 Å². The molecule has 80 valence electrons. The van der Waals surface area contributed by atoms with Crippen molar-refractivity contribution in [2.75, 3.05) is 0 Å². The van der Waals surface area contributed by atoms with Crippen molar-refractivity contribution in [2.45, 2.75) is 13.0 Å². The van der Waals surface area contributed by atoms with Crippen LogP contribution in [0, 0.1) is 17.0 Å². The lowest BCUT2D eigenvalue weighted by Gasteiger charge is -2.06. The van der Waals surface area contributed by atoms with Crippen LogP contribution in [0.2, 0.25) is 0 Å². The Morgan fingerprint density at radius 2 is 2.13 bits per heavy atom. The largest absolute Gasteiger partial charge is 0.479 e. The van der Waals surface area contributed by atoms with Crippen molar-refractivity contribution in [3.05, 3.63) is 39.4 Å². The number of carboxylic acids is 1. The molecule has 1 unspecified atom stereocenters. The molecular formula is C9H9NO5. The van der Waals surface area contributed by atoms with E-state index in [9.17, 15) is 20.0 Å². The molecule has 0 aliphatic carbocycles. The Hall–Kier alpha value is -1.95. The maximum Gasteiger partial charge on any atom is 0.337 e. The standard InChI is InChI=1S/C9H9NO5/c1-5-4-6(8(11)9(12)13)2-3-7(5)10(14)15/h2-4,8,11H,1H3,(H,12,13). The van der Waals surface area contributed by atoms with Crippen LogP contribution in [-0.2, 0) is 4.79 Å². The van der Waals surface area contributed by atoms with Crippen LogP contribution < -0.4 is 0 Å². The van der Waals surface area contributed by atoms with Crippen molar-refractivity contribution in [3.8, 4) is 0 Å². The van der Waals surface area contributed by atoms with Gasteiger partial charge in [0.2, 0.25) is 0 Å². The highest BCUT2D eigenvalue weighted by molar-refractivity contribution is 5.74. The lowest BCUT2D eigenvalue weighted by atomic mass is 10.1. The van der Waals surface area contributed by atoms with Gasteiger partial charge in [0.15, 0.2) is 6.10 Å². The van der Waals surface area contributed by atoms with Gasteiger partial charge in [-0.15, -0.1) is 0 Å². The fraction of sp³-hybridized carbons (Fsp3) is 0.222. The predicted molar refractivity (Wildman–Crippen MR) is 50.4 cm³/mol. The topological polar surface area (TPSA) is 101 Å². The summed E-state index contributed by atoms with van der Waals surface area (Å²) < 4.78 is 0. The van der Waals surface area contributed by atoms with Gasteiger partial charge in [0.25, 0.3) is 5.69 Å². The van der Waals surface area contributed by atoms with E-state index in [0.717, 1.165) is 0 Å². The van der Waals surface area contributed by atoms with E-state index in [-0.39, 0.29) is 11.3 Å². The summed E-state index contributed by atoms with van der Waals surface area (Å²) in [5.74, 6) is -1.39. The zero-order valence-electron chi connectivity index (χ0n) is 7.88. The minimum absolute atomic E-state index is 0.101. The molecule has 0 aliphatic heterocycles. The summed E-state index contributed by atoms with van der Waals surface area (Å²) in [6, 6.07) is 3.69. The highest BCUT2D eigenvalue weighted by atomic mass is 16.6. The normalized spacial score (nSPS) is 12.1. The van der Waals surface area contributed by atoms with Crippen molar-refractivity contribution in [3.63, 3.8) is 0 Å². The highest BCUT2D eigenvalue weighted by Crippen LogP contribution is 2.22. The van der Waals surface area contributed by atoms with Crippen LogP contribution in [-0.4, -0.2) is 21.1 Å². The Balaban J connectivity index is 3.12. The second-order valence-corrected chi connectivity index (χ2v) is 3.04. The van der Waals surface area contributed by atoms with E-state index in [0.29, 0.717) is 5.56 Å². The number of nitrogens with zero attached hydrogens (tertiary/aromatic N) is 1. The molecule has 0 saturated heterocycles. The molecule has 0 saturated carbocycles. The molecule has 0 heterocycles. The van der Waals surface area contributed by atoms with Crippen molar-refractivity contribution in [1.82, 2.24) is 0 Å². The summed E-state index contributed by atoms with van der Waals surface area (Å²) in [6.07, 6.45) is -1.65. The van der Waals surface area contributed by atoms with Crippen LogP contribution in [0.4, 0.5) is 5.69 Å². The number of nitro groups is 1. The van der Waals surface area contributed by atoms with Crippen molar-refractivity contribution >= 4 is 11.7 Å². The van der Waals surface area contributed by atoms with Crippen LogP contribution >= 0.6 is 0 Å². The maximum atomic E-state index is 10.5. The minimum Gasteiger partial charge on any atom is -0.479 e. The SMILES string of the molecule is Cc1cc(C(O)C(=O)O)ccc1[N+](=O)[O-]. The number of benzene rings is 1. The molecule has 15 heavy (non-hydrogen) atoms. The third-order valence-electron chi connectivity index (χ3n) is 1.97. The van der Waals surface area contributed by atoms with Gasteiger partial charge in [-0.1, -0.05) is 0 Å². The van der Waals surface area contributed by atoms with Gasteiger partial charge in [0.1, 0.15) is 0 Å². The first-order chi connectivity index (χ1) is 6.93. The zero-order valence-corrected chi connectivity index (χ0v) is 7.88. The molecule has 1 atom stereocenters. The summed E-state index contributed by atoms with van der Waals surface area (Å²) >= 11 is 0. The first kappa shape index (κ1) is 11.1. The fourth-order valence-corrected chi connectivity index (χ4v) is 1.20. The molecule has 1 aromatic carbocycles. The molecule has 0 aromatic heterocycles. The number of aliphatic hydroxyl groups excluding tert-OH is 1. The molecule has 0 amide bonds. The minimum atomic E-state index is -1.65. The number of aryl methyl sites for hydroxylation is 1. The molecule has 0 fully saturated rings. The molecule has 1 aromatic rings. The molecule has 0 bridgehead atoms. The average Bonchev–Trinajstić information content (AvgIpc) is 2.15. The van der Waals surface area contributed by atoms with E-state index in [2.05, 4.69) is 0 Å². The van der Waals surface area contributed by atoms with Crippen molar-refractivity contribution < 1.29 is 19.9 Å². The van der Waals surface area contributed by atoms with E-state index < -0.39 is 17.0 Å². The number of rotatable bonds is 3. The van der Waals surface area contributed by atoms with Gasteiger partial charge < -0.3 is 10.2 Å². The number of hydrogen-bond acceptors (Lipinski definition) is 4. The lowest BCUT2D eigenvalue weighted by molar-refractivity contribution is -0.385. The van der Waals surface area contributed by atoms with Gasteiger partial charge in [-0.2, -0.15) is 0 Å². The summed E-state index contributed by atoms with van der Waals surface area (Å²) in [6.45, 7) is 1.48. The van der Waals surface area contributed by atoms with Crippen LogP contribution in [0.15, 0.2) is 18.2 Å². The van der Waals surface area contributed by atoms with E-state index >= 15 is 0 Å². The Labute approximate surface area is 84.9 Å². The number of aliphatic carboxylic acids is 1. The van der Waals surface area contributed by atoms with Gasteiger partial charge in [-0.25, -0.2) is 4.79 Å². The first-order valence-electron chi connectivity index (χ1n) is 4.09. The van der Waals surface area contributed by atoms with Gasteiger partial charge in [-0.05, 0) is 24.6 Å². The average molecular weight is 211 g/mol. The summed E-state index contributed by atoms with van der Waals surface area (Å²) in [5, 5.41) is 28.2. The predicted octanol–water partition coefficient (Wildman–Crippen LogP) is 1.02. The smallest absolute Gasteiger partial charge is 0.337 e. The summed E-state index contributed by atoms with van der Waals surface area (Å²) in [4.78, 5) is 20.3. The highest BCUT2D eigenvalue weighted by Gasteiger charge is 2.18. The van der Waals surface area contributed by atoms with Crippen LogP contribution in [0.3, 0.4) is 0 Å². The molecule has 2 N–H and O–H groups in total. The molecule has 6 nitrogen and oxygen atoms in total. The van der Waals surface area contributed by atoms with Crippen LogP contribution in [0.25, 0.3) is 0 Å². The second kappa shape index (κ2) is 4.05. The second-order valence-electron chi connectivity index (χ2n) is 3.04. The van der Waals surface area contributed by atoms with Crippen LogP contribution in [0.5, 0.6) is 0 Å². The van der Waals surface area contributed by atoms with E-state index in [1.165, 1.54) is 25.1 Å². The molecule has 1 rings (SSSR count). The number of nitro benzene ring substituents is 1. The fourth-order valence-electron chi connectivity index (χ4n) is 1.20. The quantitative estimate of drug-likeness (QED) is 0.574. The molecule has 0 spiro atoms. The lowest BCUT2D eigenvalue weighted by Crippen LogP contribution is -2.10. The molecule has 6 heteroatoms. The summed E-state index contributed by atoms with van der Waals surface area (Å²) in [5.41, 5.74) is 0.347. The first-order valence-corrected chi connectivity index (χ1v) is 4.09. The Kier molecular flexibility index (Phi) is 3.01. The van der Waals surface area contributed by atoms with Gasteiger partial charge >= 0.3 is 5.97 Å². The molecular weight excluding hydrogens is 202 g/mol. The van der Waals surface area contributed by atoms with E-state index in [1.807, 2.05) is 0 Å². The third-order valence-corrected chi connectivity index (χ3v) is 1.97. The van der Waals surface area contributed by atoms with Crippen molar-refractivity contribution in [2.24, 2.45) is 0 Å². The number of aliphatic hydroxyl groups is 1. The Bertz CT molecular complexity index is 415. The number of carbonyl (C=O) groups is 1. The maximum absolute atomic E-state index is 10.5. The van der Waals surface area contributed by atoms with Gasteiger partial charge in [-0.3, -0.25) is 10.1 Å². The molecule has 0 radical (unpaired) electrons. The van der Waals surface area contributed by atoms with E-state index in [4.69, 9.17) is 5.11 Å². The van der Waals surface area contributed by atoms with Gasteiger partial charge in [0.05, 0.1) is 4.92 Å². The summed E-state index contributed by atoms with van der Waals surface area (Å²) in [7, 11) is 0. The number of hydrogen-bond donors (Lipinski definition) is 2. The zero-order chi connectivity index (χ0) is 11.6. The molecule has 0 aliphatic rings. The Morgan fingerprint density at radius 3 is 2.53 bits per heavy atom. The van der Waals surface area contributed by atoms with E-state index in [1.54, 1.807) is 0 Å². The number of carboxylic acid groups (broad SMARTS) is 1. The van der Waals surface area contributed by atoms with Crippen LogP contribution in [0.1, 0.15) is 17.2 Å². The monoisotopic (exact) mass is 211 g/mol. The third kappa shape index (κ3) is 2.29. The van der Waals surface area contributed by atoms with Crippen molar-refractivity contribution in [1.29, 1.82) is 0 Å².